The summed E-state index contributed by atoms with van der Waals surface area (Å²) in [5, 5.41) is 12.8. The molecule has 0 amide bonds. The fourth-order valence-corrected chi connectivity index (χ4v) is 3.92. The molecule has 3 atom stereocenters. The van der Waals surface area contributed by atoms with Crippen LogP contribution < -0.4 is 5.32 Å². The van der Waals surface area contributed by atoms with Gasteiger partial charge in [-0.3, -0.25) is 4.90 Å². The maximum atomic E-state index is 9.01. The summed E-state index contributed by atoms with van der Waals surface area (Å²) >= 11 is 0. The van der Waals surface area contributed by atoms with Crippen LogP contribution in [0.1, 0.15) is 37.7 Å². The molecule has 0 aliphatic carbocycles. The molecule has 1 aromatic carbocycles. The Balaban J connectivity index is 1.50. The van der Waals surface area contributed by atoms with Crippen LogP contribution >= 0.6 is 0 Å². The van der Waals surface area contributed by atoms with Crippen molar-refractivity contribution in [2.24, 2.45) is 0 Å². The van der Waals surface area contributed by atoms with Gasteiger partial charge in [-0.15, -0.1) is 0 Å². The highest BCUT2D eigenvalue weighted by Gasteiger charge is 2.39. The Morgan fingerprint density at radius 1 is 1.10 bits per heavy atom. The van der Waals surface area contributed by atoms with Gasteiger partial charge in [-0.2, -0.15) is 0 Å². The van der Waals surface area contributed by atoms with E-state index in [4.69, 9.17) is 5.11 Å². The predicted octanol–water partition coefficient (Wildman–Crippen LogP) is 2.15. The van der Waals surface area contributed by atoms with Crippen LogP contribution in [0.15, 0.2) is 30.3 Å². The van der Waals surface area contributed by atoms with Gasteiger partial charge in [-0.25, -0.2) is 0 Å². The van der Waals surface area contributed by atoms with Gasteiger partial charge in [0.05, 0.1) is 0 Å². The van der Waals surface area contributed by atoms with E-state index in [1.807, 2.05) is 0 Å². The molecule has 2 fully saturated rings. The van der Waals surface area contributed by atoms with Crippen LogP contribution in [0, 0.1) is 0 Å². The van der Waals surface area contributed by atoms with Crippen molar-refractivity contribution in [2.75, 3.05) is 13.2 Å². The molecule has 0 saturated carbocycles. The van der Waals surface area contributed by atoms with Crippen molar-refractivity contribution in [3.05, 3.63) is 35.9 Å². The molecule has 0 spiro atoms. The summed E-state index contributed by atoms with van der Waals surface area (Å²) in [5.41, 5.74) is 1.38. The van der Waals surface area contributed by atoms with E-state index in [2.05, 4.69) is 40.5 Å². The molecule has 0 radical (unpaired) electrons. The number of piperidine rings is 1. The Morgan fingerprint density at radius 2 is 1.80 bits per heavy atom. The van der Waals surface area contributed by atoms with Crippen LogP contribution in [-0.4, -0.2) is 41.3 Å². The number of hydrogen-bond acceptors (Lipinski definition) is 3. The molecule has 2 N–H and O–H groups in total. The number of aliphatic hydroxyl groups excluding tert-OH is 1. The predicted molar refractivity (Wildman–Crippen MR) is 81.5 cm³/mol. The lowest BCUT2D eigenvalue weighted by molar-refractivity contribution is 0.107. The van der Waals surface area contributed by atoms with Gasteiger partial charge in [0.2, 0.25) is 0 Å². The molecule has 3 heteroatoms. The molecule has 2 bridgehead atoms. The minimum atomic E-state index is 0.325. The number of aliphatic hydroxyl groups is 1. The number of nitrogens with one attached hydrogen (secondary N) is 1. The van der Waals surface area contributed by atoms with Crippen LogP contribution in [0.3, 0.4) is 0 Å². The first-order valence-corrected chi connectivity index (χ1v) is 8.00. The topological polar surface area (TPSA) is 35.5 Å². The van der Waals surface area contributed by atoms with Gasteiger partial charge in [-0.05, 0) is 37.7 Å². The molecular formula is C17H26N2O. The van der Waals surface area contributed by atoms with Crippen LogP contribution in [-0.2, 0) is 6.54 Å². The quantitative estimate of drug-likeness (QED) is 0.834. The van der Waals surface area contributed by atoms with E-state index in [0.717, 1.165) is 31.6 Å². The molecule has 20 heavy (non-hydrogen) atoms. The molecule has 3 rings (SSSR count). The van der Waals surface area contributed by atoms with Crippen LogP contribution in [0.4, 0.5) is 0 Å². The summed E-state index contributed by atoms with van der Waals surface area (Å²) in [5.74, 6) is 0. The van der Waals surface area contributed by atoms with Gasteiger partial charge in [0.1, 0.15) is 0 Å². The summed E-state index contributed by atoms with van der Waals surface area (Å²) in [6, 6.07) is 12.8. The van der Waals surface area contributed by atoms with Gasteiger partial charge in [-0.1, -0.05) is 30.3 Å². The van der Waals surface area contributed by atoms with Crippen molar-refractivity contribution in [3.63, 3.8) is 0 Å². The van der Waals surface area contributed by atoms with Crippen molar-refractivity contribution in [2.45, 2.75) is 56.8 Å². The monoisotopic (exact) mass is 274 g/mol. The molecule has 2 heterocycles. The molecule has 2 aliphatic rings. The summed E-state index contributed by atoms with van der Waals surface area (Å²) in [6.07, 6.45) is 6.16. The Morgan fingerprint density at radius 3 is 2.45 bits per heavy atom. The van der Waals surface area contributed by atoms with E-state index in [9.17, 15) is 0 Å². The van der Waals surface area contributed by atoms with Crippen LogP contribution in [0.25, 0.3) is 0 Å². The highest BCUT2D eigenvalue weighted by atomic mass is 16.3. The third-order valence-electron chi connectivity index (χ3n) is 4.90. The standard InChI is InChI=1S/C17H26N2O/c20-10-4-9-19-16-7-8-17(19)12-15(11-16)18-13-14-5-2-1-3-6-14/h1-3,5-6,15-18,20H,4,7-13H2/t15?,16-,17+. The molecule has 2 saturated heterocycles. The van der Waals surface area contributed by atoms with E-state index in [-0.39, 0.29) is 0 Å². The molecule has 1 unspecified atom stereocenters. The Kier molecular flexibility index (Phi) is 4.71. The molecular weight excluding hydrogens is 248 g/mol. The van der Waals surface area contributed by atoms with Gasteiger partial charge in [0, 0.05) is 37.8 Å². The maximum absolute atomic E-state index is 9.01. The van der Waals surface area contributed by atoms with Gasteiger partial charge in [0.25, 0.3) is 0 Å². The summed E-state index contributed by atoms with van der Waals surface area (Å²) in [4.78, 5) is 2.65. The fraction of sp³-hybridized carbons (Fsp3) is 0.647. The average Bonchev–Trinajstić information content (AvgIpc) is 2.73. The third-order valence-corrected chi connectivity index (χ3v) is 4.90. The number of fused-ring (bicyclic) bond motifs is 2. The fourth-order valence-electron chi connectivity index (χ4n) is 3.92. The highest BCUT2D eigenvalue weighted by Crippen LogP contribution is 2.35. The molecule has 0 aromatic heterocycles. The zero-order valence-electron chi connectivity index (χ0n) is 12.2. The van der Waals surface area contributed by atoms with Crippen LogP contribution in [0.5, 0.6) is 0 Å². The molecule has 110 valence electrons. The normalized spacial score (nSPS) is 29.8. The summed E-state index contributed by atoms with van der Waals surface area (Å²) in [7, 11) is 0. The first-order chi connectivity index (χ1) is 9.86. The Bertz CT molecular complexity index is 395. The van der Waals surface area contributed by atoms with Gasteiger partial charge in [0.15, 0.2) is 0 Å². The Labute approximate surface area is 122 Å². The number of hydrogen-bond donors (Lipinski definition) is 2. The lowest BCUT2D eigenvalue weighted by Crippen LogP contribution is -2.49. The highest BCUT2D eigenvalue weighted by molar-refractivity contribution is 5.14. The molecule has 2 aliphatic heterocycles. The van der Waals surface area contributed by atoms with Gasteiger partial charge < -0.3 is 10.4 Å². The first kappa shape index (κ1) is 14.1. The summed E-state index contributed by atoms with van der Waals surface area (Å²) in [6.45, 7) is 2.39. The maximum Gasteiger partial charge on any atom is 0.0443 e. The van der Waals surface area contributed by atoms with Crippen molar-refractivity contribution < 1.29 is 5.11 Å². The second kappa shape index (κ2) is 6.70. The van der Waals surface area contributed by atoms with Crippen molar-refractivity contribution in [3.8, 4) is 0 Å². The van der Waals surface area contributed by atoms with Gasteiger partial charge >= 0.3 is 0 Å². The number of benzene rings is 1. The van der Waals surface area contributed by atoms with E-state index in [1.165, 1.54) is 31.2 Å². The van der Waals surface area contributed by atoms with E-state index >= 15 is 0 Å². The second-order valence-electron chi connectivity index (χ2n) is 6.23. The Hall–Kier alpha value is -0.900. The van der Waals surface area contributed by atoms with Crippen molar-refractivity contribution >= 4 is 0 Å². The minimum Gasteiger partial charge on any atom is -0.396 e. The first-order valence-electron chi connectivity index (χ1n) is 8.00. The smallest absolute Gasteiger partial charge is 0.0443 e. The van der Waals surface area contributed by atoms with E-state index < -0.39 is 0 Å². The van der Waals surface area contributed by atoms with E-state index in [1.54, 1.807) is 0 Å². The SMILES string of the molecule is OCCCN1[C@@H]2CC[C@H]1CC(NCc1ccccc1)C2. The zero-order valence-corrected chi connectivity index (χ0v) is 12.2. The third kappa shape index (κ3) is 3.22. The second-order valence-corrected chi connectivity index (χ2v) is 6.23. The van der Waals surface area contributed by atoms with Crippen molar-refractivity contribution in [1.82, 2.24) is 10.2 Å². The lowest BCUT2D eigenvalue weighted by atomic mass is 9.97. The minimum absolute atomic E-state index is 0.325. The van der Waals surface area contributed by atoms with E-state index in [0.29, 0.717) is 12.6 Å². The number of rotatable bonds is 6. The lowest BCUT2D eigenvalue weighted by Gasteiger charge is -2.39. The summed E-state index contributed by atoms with van der Waals surface area (Å²) < 4.78 is 0. The zero-order chi connectivity index (χ0) is 13.8. The van der Waals surface area contributed by atoms with Crippen LogP contribution in [0.2, 0.25) is 0 Å². The largest absolute Gasteiger partial charge is 0.396 e. The van der Waals surface area contributed by atoms with Crippen molar-refractivity contribution in [1.29, 1.82) is 0 Å². The molecule has 3 nitrogen and oxygen atoms in total. The number of nitrogens with zero attached hydrogens (tertiary/aromatic N) is 1. The average molecular weight is 274 g/mol. The molecule has 1 aromatic rings.